The second-order valence-electron chi connectivity index (χ2n) is 8.65. The number of carboxylic acid groups (broad SMARTS) is 1. The van der Waals surface area contributed by atoms with Crippen molar-refractivity contribution in [1.29, 1.82) is 0 Å². The van der Waals surface area contributed by atoms with Gasteiger partial charge in [0.05, 0.1) is 11.3 Å². The average molecular weight is 473 g/mol. The summed E-state index contributed by atoms with van der Waals surface area (Å²) < 4.78 is 5.59. The van der Waals surface area contributed by atoms with Crippen LogP contribution in [0, 0.1) is 6.92 Å². The van der Waals surface area contributed by atoms with Crippen LogP contribution in [-0.4, -0.2) is 35.7 Å². The van der Waals surface area contributed by atoms with E-state index in [0.717, 1.165) is 27.8 Å². The van der Waals surface area contributed by atoms with Crippen LogP contribution in [0.15, 0.2) is 66.7 Å². The van der Waals surface area contributed by atoms with Gasteiger partial charge >= 0.3 is 12.1 Å². The number of fused-ring (bicyclic) bond motifs is 3. The van der Waals surface area contributed by atoms with Gasteiger partial charge in [0.25, 0.3) is 5.91 Å². The molecule has 7 nitrogen and oxygen atoms in total. The number of carboxylic acids is 1. The summed E-state index contributed by atoms with van der Waals surface area (Å²) in [6.07, 6.45) is 0.228. The zero-order chi connectivity index (χ0) is 24.9. The molecule has 0 aromatic heterocycles. The monoisotopic (exact) mass is 472 g/mol. The molecule has 4 rings (SSSR count). The van der Waals surface area contributed by atoms with Crippen LogP contribution in [-0.2, 0) is 9.53 Å². The molecule has 2 amide bonds. The van der Waals surface area contributed by atoms with Crippen molar-refractivity contribution >= 4 is 23.7 Å². The highest BCUT2D eigenvalue weighted by atomic mass is 16.5. The first-order valence-corrected chi connectivity index (χ1v) is 11.6. The van der Waals surface area contributed by atoms with E-state index in [0.29, 0.717) is 12.8 Å². The van der Waals surface area contributed by atoms with E-state index < -0.39 is 24.0 Å². The maximum absolute atomic E-state index is 12.9. The molecular formula is C28H28N2O5. The van der Waals surface area contributed by atoms with Crippen LogP contribution in [0.3, 0.4) is 0 Å². The fraction of sp³-hybridized carbons (Fsp3) is 0.250. The third-order valence-corrected chi connectivity index (χ3v) is 6.18. The number of nitrogens with one attached hydrogen (secondary N) is 2. The van der Waals surface area contributed by atoms with Gasteiger partial charge in [0.2, 0.25) is 0 Å². The Morgan fingerprint density at radius 1 is 0.971 bits per heavy atom. The second-order valence-corrected chi connectivity index (χ2v) is 8.65. The van der Waals surface area contributed by atoms with E-state index in [1.807, 2.05) is 50.2 Å². The highest BCUT2D eigenvalue weighted by molar-refractivity contribution is 6.04. The molecule has 0 radical (unpaired) electrons. The van der Waals surface area contributed by atoms with Crippen molar-refractivity contribution in [2.45, 2.75) is 38.6 Å². The molecular weight excluding hydrogens is 444 g/mol. The van der Waals surface area contributed by atoms with E-state index in [-0.39, 0.29) is 23.8 Å². The van der Waals surface area contributed by atoms with Crippen LogP contribution in [0.4, 0.5) is 10.5 Å². The van der Waals surface area contributed by atoms with Gasteiger partial charge in [0.1, 0.15) is 12.6 Å². The Bertz CT molecular complexity index is 1220. The van der Waals surface area contributed by atoms with Gasteiger partial charge in [-0.25, -0.2) is 9.59 Å². The molecule has 0 spiro atoms. The zero-order valence-electron chi connectivity index (χ0n) is 19.7. The molecule has 180 valence electrons. The van der Waals surface area contributed by atoms with Crippen molar-refractivity contribution < 1.29 is 24.2 Å². The molecule has 35 heavy (non-hydrogen) atoms. The normalized spacial score (nSPS) is 12.9. The van der Waals surface area contributed by atoms with Gasteiger partial charge in [0, 0.05) is 5.92 Å². The molecule has 1 aliphatic rings. The van der Waals surface area contributed by atoms with Gasteiger partial charge in [-0.15, -0.1) is 0 Å². The summed E-state index contributed by atoms with van der Waals surface area (Å²) in [6, 6.07) is 20.1. The van der Waals surface area contributed by atoms with Crippen LogP contribution < -0.4 is 10.6 Å². The second kappa shape index (κ2) is 10.4. The van der Waals surface area contributed by atoms with Crippen molar-refractivity contribution in [3.05, 3.63) is 89.0 Å². The highest BCUT2D eigenvalue weighted by Crippen LogP contribution is 2.44. The van der Waals surface area contributed by atoms with Crippen LogP contribution in [0.5, 0.6) is 0 Å². The quantitative estimate of drug-likeness (QED) is 0.411. The summed E-state index contributed by atoms with van der Waals surface area (Å²) in [5, 5.41) is 14.6. The summed E-state index contributed by atoms with van der Waals surface area (Å²) in [7, 11) is 0. The van der Waals surface area contributed by atoms with E-state index in [1.165, 1.54) is 0 Å². The maximum atomic E-state index is 12.9. The van der Waals surface area contributed by atoms with E-state index in [4.69, 9.17) is 4.74 Å². The largest absolute Gasteiger partial charge is 0.480 e. The number of hydrogen-bond donors (Lipinski definition) is 3. The van der Waals surface area contributed by atoms with Crippen LogP contribution in [0.25, 0.3) is 11.1 Å². The van der Waals surface area contributed by atoms with Gasteiger partial charge < -0.3 is 15.2 Å². The number of ether oxygens (including phenoxy) is 1. The van der Waals surface area contributed by atoms with Crippen molar-refractivity contribution in [1.82, 2.24) is 5.32 Å². The third kappa shape index (κ3) is 5.19. The summed E-state index contributed by atoms with van der Waals surface area (Å²) in [5.41, 5.74) is 5.71. The van der Waals surface area contributed by atoms with Gasteiger partial charge in [-0.1, -0.05) is 73.5 Å². The number of carbonyl (C=O) groups is 3. The number of rotatable bonds is 8. The summed E-state index contributed by atoms with van der Waals surface area (Å²) in [5.74, 6) is -1.75. The lowest BCUT2D eigenvalue weighted by Gasteiger charge is -2.17. The van der Waals surface area contributed by atoms with Crippen molar-refractivity contribution in [3.63, 3.8) is 0 Å². The molecule has 0 fully saturated rings. The third-order valence-electron chi connectivity index (χ3n) is 6.18. The number of hydrogen-bond acceptors (Lipinski definition) is 4. The minimum absolute atomic E-state index is 0.0840. The fourth-order valence-corrected chi connectivity index (χ4v) is 4.48. The van der Waals surface area contributed by atoms with Crippen LogP contribution in [0.1, 0.15) is 52.7 Å². The predicted molar refractivity (Wildman–Crippen MR) is 134 cm³/mol. The molecule has 0 aliphatic heterocycles. The molecule has 0 heterocycles. The topological polar surface area (TPSA) is 105 Å². The zero-order valence-corrected chi connectivity index (χ0v) is 19.7. The molecule has 7 heteroatoms. The molecule has 0 saturated heterocycles. The lowest BCUT2D eigenvalue weighted by atomic mass is 9.98. The number of aryl methyl sites for hydroxylation is 1. The molecule has 0 unspecified atom stereocenters. The van der Waals surface area contributed by atoms with Crippen molar-refractivity contribution in [2.75, 3.05) is 11.9 Å². The molecule has 3 N–H and O–H groups in total. The van der Waals surface area contributed by atoms with Crippen molar-refractivity contribution in [3.8, 4) is 11.1 Å². The first-order valence-electron chi connectivity index (χ1n) is 11.6. The van der Waals surface area contributed by atoms with E-state index in [1.54, 1.807) is 18.2 Å². The Morgan fingerprint density at radius 3 is 2.20 bits per heavy atom. The van der Waals surface area contributed by atoms with E-state index in [2.05, 4.69) is 22.8 Å². The number of anilines is 1. The Balaban J connectivity index is 1.48. The Hall–Kier alpha value is -4.13. The van der Waals surface area contributed by atoms with E-state index in [9.17, 15) is 19.5 Å². The lowest BCUT2D eigenvalue weighted by molar-refractivity contribution is -0.139. The number of amides is 2. The Morgan fingerprint density at radius 2 is 1.60 bits per heavy atom. The predicted octanol–water partition coefficient (Wildman–Crippen LogP) is 5.34. The van der Waals surface area contributed by atoms with Crippen LogP contribution in [0.2, 0.25) is 0 Å². The number of aliphatic carboxylic acids is 1. The molecule has 0 bridgehead atoms. The van der Waals surface area contributed by atoms with Gasteiger partial charge in [0.15, 0.2) is 0 Å². The van der Waals surface area contributed by atoms with E-state index >= 15 is 0 Å². The summed E-state index contributed by atoms with van der Waals surface area (Å²) in [4.78, 5) is 37.1. The minimum Gasteiger partial charge on any atom is -0.480 e. The lowest BCUT2D eigenvalue weighted by Crippen LogP contribution is -2.41. The standard InChI is InChI=1S/C28H28N2O5/c1-3-8-25(27(32)33)29-26(31)22-15-17(2)13-14-24(22)30-28(34)35-16-23-20-11-6-4-9-18(20)19-10-5-7-12-21(19)23/h4-7,9-15,23,25H,3,8,16H2,1-2H3,(H,29,31)(H,30,34)(H,32,33)/t25-/m0/s1. The Kier molecular flexibility index (Phi) is 7.15. The first-order chi connectivity index (χ1) is 16.9. The summed E-state index contributed by atoms with van der Waals surface area (Å²) in [6.45, 7) is 3.80. The SMILES string of the molecule is CCC[C@H](NC(=O)c1cc(C)ccc1NC(=O)OCC1c2ccccc2-c2ccccc21)C(=O)O. The van der Waals surface area contributed by atoms with Gasteiger partial charge in [-0.05, 0) is 47.7 Å². The smallest absolute Gasteiger partial charge is 0.411 e. The molecule has 0 saturated carbocycles. The maximum Gasteiger partial charge on any atom is 0.411 e. The van der Waals surface area contributed by atoms with Crippen LogP contribution >= 0.6 is 0 Å². The minimum atomic E-state index is -1.10. The van der Waals surface area contributed by atoms with Gasteiger partial charge in [-0.2, -0.15) is 0 Å². The molecule has 1 aliphatic carbocycles. The highest BCUT2D eigenvalue weighted by Gasteiger charge is 2.29. The first kappa shape index (κ1) is 24.0. The van der Waals surface area contributed by atoms with Gasteiger partial charge in [-0.3, -0.25) is 10.1 Å². The molecule has 3 aromatic carbocycles. The molecule has 1 atom stereocenters. The fourth-order valence-electron chi connectivity index (χ4n) is 4.48. The number of benzene rings is 3. The molecule has 3 aromatic rings. The Labute approximate surface area is 204 Å². The van der Waals surface area contributed by atoms with Crippen molar-refractivity contribution in [2.24, 2.45) is 0 Å². The number of carbonyl (C=O) groups excluding carboxylic acids is 2. The average Bonchev–Trinajstić information content (AvgIpc) is 3.17. The summed E-state index contributed by atoms with van der Waals surface area (Å²) >= 11 is 0.